The van der Waals surface area contributed by atoms with E-state index in [9.17, 15) is 9.18 Å². The minimum Gasteiger partial charge on any atom is -0.497 e. The van der Waals surface area contributed by atoms with Crippen LogP contribution in [0.25, 0.3) is 0 Å². The molecule has 2 aromatic rings. The van der Waals surface area contributed by atoms with Gasteiger partial charge in [-0.2, -0.15) is 0 Å². The van der Waals surface area contributed by atoms with Crippen molar-refractivity contribution in [1.29, 1.82) is 0 Å². The molecule has 1 atom stereocenters. The first-order chi connectivity index (χ1) is 12.1. The van der Waals surface area contributed by atoms with E-state index in [2.05, 4.69) is 14.9 Å². The Morgan fingerprint density at radius 2 is 2.32 bits per heavy atom. The molecule has 3 rings (SSSR count). The minimum atomic E-state index is -0.255. The van der Waals surface area contributed by atoms with E-state index in [0.29, 0.717) is 30.9 Å². The van der Waals surface area contributed by atoms with Crippen LogP contribution in [0, 0.1) is 5.82 Å². The highest BCUT2D eigenvalue weighted by atomic mass is 19.1. The number of methoxy groups -OCH3 is 1. The Hall–Kier alpha value is -2.25. The largest absolute Gasteiger partial charge is 0.497 e. The van der Waals surface area contributed by atoms with Crippen LogP contribution in [-0.2, 0) is 17.7 Å². The summed E-state index contributed by atoms with van der Waals surface area (Å²) in [6.45, 7) is 2.66. The summed E-state index contributed by atoms with van der Waals surface area (Å²) < 4.78 is 24.9. The summed E-state index contributed by atoms with van der Waals surface area (Å²) in [5, 5.41) is 0. The average Bonchev–Trinajstić information content (AvgIpc) is 2.62. The number of hydrogen-bond donors (Lipinski definition) is 1. The van der Waals surface area contributed by atoms with Crippen LogP contribution in [0.3, 0.4) is 0 Å². The van der Waals surface area contributed by atoms with Crippen molar-refractivity contribution < 1.29 is 13.9 Å². The lowest BCUT2D eigenvalue weighted by molar-refractivity contribution is -0.0349. The molecule has 0 amide bonds. The summed E-state index contributed by atoms with van der Waals surface area (Å²) in [5.74, 6) is 0.265. The average molecular weight is 347 g/mol. The molecule has 1 aliphatic rings. The van der Waals surface area contributed by atoms with Crippen LogP contribution in [0.4, 0.5) is 4.39 Å². The van der Waals surface area contributed by atoms with E-state index < -0.39 is 0 Å². The molecule has 1 N–H and O–H groups in total. The van der Waals surface area contributed by atoms with Gasteiger partial charge in [0.2, 0.25) is 0 Å². The van der Waals surface area contributed by atoms with Crippen molar-refractivity contribution in [1.82, 2.24) is 14.9 Å². The van der Waals surface area contributed by atoms with E-state index >= 15 is 0 Å². The molecule has 7 heteroatoms. The Kier molecular flexibility index (Phi) is 5.78. The lowest BCUT2D eigenvalue weighted by atomic mass is 10.1. The number of halogens is 1. The third kappa shape index (κ3) is 4.87. The highest BCUT2D eigenvalue weighted by Gasteiger charge is 2.21. The van der Waals surface area contributed by atoms with E-state index in [4.69, 9.17) is 9.47 Å². The molecule has 0 aliphatic carbocycles. The maximum atomic E-state index is 14.1. The quantitative estimate of drug-likeness (QED) is 0.862. The van der Waals surface area contributed by atoms with Gasteiger partial charge in [0.25, 0.3) is 5.56 Å². The molecular weight excluding hydrogens is 325 g/mol. The minimum absolute atomic E-state index is 0.0520. The zero-order chi connectivity index (χ0) is 17.6. The SMILES string of the molecule is COc1ccc(CN2CCO[C@@H](CCc3cc(=O)[nH]cn3)C2)c(F)c1. The topological polar surface area (TPSA) is 67.5 Å². The summed E-state index contributed by atoms with van der Waals surface area (Å²) in [6, 6.07) is 6.45. The van der Waals surface area contributed by atoms with Crippen molar-refractivity contribution >= 4 is 0 Å². The van der Waals surface area contributed by atoms with Crippen molar-refractivity contribution in [3.05, 3.63) is 58.0 Å². The summed E-state index contributed by atoms with van der Waals surface area (Å²) in [7, 11) is 1.52. The van der Waals surface area contributed by atoms with Gasteiger partial charge in [-0.05, 0) is 18.9 Å². The molecule has 6 nitrogen and oxygen atoms in total. The molecule has 0 radical (unpaired) electrons. The monoisotopic (exact) mass is 347 g/mol. The highest BCUT2D eigenvalue weighted by Crippen LogP contribution is 2.19. The first-order valence-electron chi connectivity index (χ1n) is 8.34. The Morgan fingerprint density at radius 1 is 1.44 bits per heavy atom. The first kappa shape index (κ1) is 17.6. The number of aryl methyl sites for hydroxylation is 1. The Balaban J connectivity index is 1.55. The van der Waals surface area contributed by atoms with Gasteiger partial charge < -0.3 is 14.5 Å². The molecule has 1 aromatic heterocycles. The number of nitrogens with one attached hydrogen (secondary N) is 1. The zero-order valence-electron chi connectivity index (χ0n) is 14.2. The fourth-order valence-corrected chi connectivity index (χ4v) is 2.98. The maximum Gasteiger partial charge on any atom is 0.250 e. The molecule has 1 aliphatic heterocycles. The summed E-state index contributed by atoms with van der Waals surface area (Å²) >= 11 is 0. The molecule has 0 bridgehead atoms. The third-order valence-electron chi connectivity index (χ3n) is 4.33. The van der Waals surface area contributed by atoms with E-state index in [-0.39, 0.29) is 17.5 Å². The van der Waals surface area contributed by atoms with Gasteiger partial charge in [0, 0.05) is 43.0 Å². The summed E-state index contributed by atoms with van der Waals surface area (Å²) in [6.07, 6.45) is 2.92. The standard InChI is InChI=1S/C18H22FN3O3/c1-24-15-4-2-13(17(19)9-15)10-22-6-7-25-16(11-22)5-3-14-8-18(23)21-12-20-14/h2,4,8-9,12,16H,3,5-7,10-11H2,1H3,(H,20,21,23)/t16-/m0/s1. The highest BCUT2D eigenvalue weighted by molar-refractivity contribution is 5.28. The zero-order valence-corrected chi connectivity index (χ0v) is 14.2. The van der Waals surface area contributed by atoms with E-state index in [1.165, 1.54) is 25.6 Å². The predicted octanol–water partition coefficient (Wildman–Crippen LogP) is 1.75. The Labute approximate surface area is 145 Å². The van der Waals surface area contributed by atoms with Gasteiger partial charge in [-0.15, -0.1) is 0 Å². The Bertz CT molecular complexity index is 765. The third-order valence-corrected chi connectivity index (χ3v) is 4.33. The van der Waals surface area contributed by atoms with Gasteiger partial charge >= 0.3 is 0 Å². The second-order valence-corrected chi connectivity index (χ2v) is 6.13. The first-order valence-corrected chi connectivity index (χ1v) is 8.34. The molecule has 1 saturated heterocycles. The number of hydrogen-bond acceptors (Lipinski definition) is 5. The Morgan fingerprint density at radius 3 is 3.08 bits per heavy atom. The van der Waals surface area contributed by atoms with Gasteiger partial charge in [-0.1, -0.05) is 6.07 Å². The number of aromatic amines is 1. The molecular formula is C18H22FN3O3. The van der Waals surface area contributed by atoms with Gasteiger partial charge in [0.05, 0.1) is 26.1 Å². The van der Waals surface area contributed by atoms with E-state index in [1.54, 1.807) is 12.1 Å². The van der Waals surface area contributed by atoms with Gasteiger partial charge in [0.1, 0.15) is 11.6 Å². The van der Waals surface area contributed by atoms with E-state index in [0.717, 1.165) is 25.2 Å². The van der Waals surface area contributed by atoms with Gasteiger partial charge in [-0.3, -0.25) is 9.69 Å². The fourth-order valence-electron chi connectivity index (χ4n) is 2.98. The molecule has 2 heterocycles. The predicted molar refractivity (Wildman–Crippen MR) is 91.1 cm³/mol. The van der Waals surface area contributed by atoms with Crippen LogP contribution in [-0.4, -0.2) is 47.8 Å². The number of morpholine rings is 1. The summed E-state index contributed by atoms with van der Waals surface area (Å²) in [5.41, 5.74) is 1.26. The smallest absolute Gasteiger partial charge is 0.250 e. The number of ether oxygens (including phenoxy) is 2. The van der Waals surface area contributed by atoms with Crippen LogP contribution in [0.5, 0.6) is 5.75 Å². The molecule has 0 spiro atoms. The van der Waals surface area contributed by atoms with Crippen LogP contribution in [0.1, 0.15) is 17.7 Å². The molecule has 1 fully saturated rings. The number of benzene rings is 1. The molecule has 25 heavy (non-hydrogen) atoms. The normalized spacial score (nSPS) is 18.2. The molecule has 0 saturated carbocycles. The number of nitrogens with zero attached hydrogens (tertiary/aromatic N) is 2. The van der Waals surface area contributed by atoms with Crippen molar-refractivity contribution in [2.45, 2.75) is 25.5 Å². The van der Waals surface area contributed by atoms with Crippen LogP contribution in [0.15, 0.2) is 35.4 Å². The lowest BCUT2D eigenvalue weighted by Crippen LogP contribution is -2.42. The van der Waals surface area contributed by atoms with Crippen LogP contribution in [0.2, 0.25) is 0 Å². The summed E-state index contributed by atoms with van der Waals surface area (Å²) in [4.78, 5) is 20.1. The van der Waals surface area contributed by atoms with Crippen molar-refractivity contribution in [2.24, 2.45) is 0 Å². The number of H-pyrrole nitrogens is 1. The van der Waals surface area contributed by atoms with E-state index in [1.807, 2.05) is 0 Å². The van der Waals surface area contributed by atoms with Crippen molar-refractivity contribution in [2.75, 3.05) is 26.8 Å². The molecule has 1 aromatic carbocycles. The second kappa shape index (κ2) is 8.22. The molecule has 134 valence electrons. The van der Waals surface area contributed by atoms with Crippen molar-refractivity contribution in [3.8, 4) is 5.75 Å². The van der Waals surface area contributed by atoms with Crippen LogP contribution >= 0.6 is 0 Å². The number of rotatable bonds is 6. The van der Waals surface area contributed by atoms with Gasteiger partial charge in [0.15, 0.2) is 0 Å². The number of aromatic nitrogens is 2. The maximum absolute atomic E-state index is 14.1. The molecule has 0 unspecified atom stereocenters. The van der Waals surface area contributed by atoms with Crippen molar-refractivity contribution in [3.63, 3.8) is 0 Å². The lowest BCUT2D eigenvalue weighted by Gasteiger charge is -2.33. The van der Waals surface area contributed by atoms with Gasteiger partial charge in [-0.25, -0.2) is 9.37 Å². The fraction of sp³-hybridized carbons (Fsp3) is 0.444. The second-order valence-electron chi connectivity index (χ2n) is 6.13. The van der Waals surface area contributed by atoms with Crippen LogP contribution < -0.4 is 10.3 Å².